The van der Waals surface area contributed by atoms with Gasteiger partial charge in [-0.05, 0) is 51.4 Å². The van der Waals surface area contributed by atoms with Crippen molar-refractivity contribution >= 4 is 19.8 Å². The maximum absolute atomic E-state index is 12.5. The van der Waals surface area contributed by atoms with Gasteiger partial charge in [-0.25, -0.2) is 4.57 Å². The second-order valence-electron chi connectivity index (χ2n) is 13.5. The number of carbonyl (C=O) groups excluding carboxylic acids is 2. The summed E-state index contributed by atoms with van der Waals surface area (Å²) in [5, 5.41) is 0. The molecule has 1 rings (SSSR count). The molecule has 0 radical (unpaired) electrons. The fraction of sp³-hybridized carbons (Fsp3) is 0.756. The summed E-state index contributed by atoms with van der Waals surface area (Å²) in [6.45, 7) is 3.53. The number of allylic oxidation sites excluding steroid dienone is 6. The van der Waals surface area contributed by atoms with E-state index in [-0.39, 0.29) is 32.6 Å². The first-order valence-electron chi connectivity index (χ1n) is 20.2. The maximum Gasteiger partial charge on any atom is 0.472 e. The minimum Gasteiger partial charge on any atom is -0.462 e. The van der Waals surface area contributed by atoms with E-state index in [2.05, 4.69) is 56.4 Å². The van der Waals surface area contributed by atoms with Gasteiger partial charge in [0.2, 0.25) is 0 Å². The highest BCUT2D eigenvalue weighted by Gasteiger charge is 2.36. The molecule has 0 bridgehead atoms. The van der Waals surface area contributed by atoms with Crippen molar-refractivity contribution in [3.8, 4) is 0 Å². The fourth-order valence-electron chi connectivity index (χ4n) is 5.53. The summed E-state index contributed by atoms with van der Waals surface area (Å²) in [4.78, 5) is 34.8. The topological polar surface area (TPSA) is 147 Å². The average Bonchev–Trinajstić information content (AvgIpc) is 3.88. The van der Waals surface area contributed by atoms with E-state index in [0.717, 1.165) is 51.4 Å². The first kappa shape index (κ1) is 48.0. The molecule has 0 spiro atoms. The second-order valence-corrected chi connectivity index (χ2v) is 15.0. The van der Waals surface area contributed by atoms with E-state index in [1.807, 2.05) is 6.08 Å². The Balaban J connectivity index is 2.24. The van der Waals surface area contributed by atoms with Crippen LogP contribution >= 0.6 is 7.82 Å². The largest absolute Gasteiger partial charge is 0.472 e. The molecule has 300 valence electrons. The molecule has 1 heterocycles. The standard InChI is InChI=1S/C41H72NO9P/c1-3-5-7-8-9-10-11-12-13-17-20-23-27-31-40(43)47-35-37(36-49-52(45,46)48-34-33-42)50-41(44)32-28-24-21-18-15-14-16-19-22-26-30-39-38(51-39)29-25-6-4-2/h6,14,16,18,21-22,25-26,37-39H,3-5,7-13,15,17,19-20,23-24,27-36,42H2,1-2H3,(H,45,46)/b16-14-,21-18-,25-6-,26-22-. The van der Waals surface area contributed by atoms with Crippen molar-refractivity contribution < 1.29 is 42.3 Å². The molecule has 10 nitrogen and oxygen atoms in total. The van der Waals surface area contributed by atoms with Gasteiger partial charge in [-0.2, -0.15) is 0 Å². The van der Waals surface area contributed by atoms with Crippen molar-refractivity contribution in [3.05, 3.63) is 48.6 Å². The van der Waals surface area contributed by atoms with Crippen LogP contribution in [0.1, 0.15) is 155 Å². The first-order chi connectivity index (χ1) is 25.3. The Morgan fingerprint density at radius 3 is 1.83 bits per heavy atom. The van der Waals surface area contributed by atoms with Crippen molar-refractivity contribution in [3.63, 3.8) is 0 Å². The van der Waals surface area contributed by atoms with E-state index >= 15 is 0 Å². The van der Waals surface area contributed by atoms with Crippen LogP contribution in [0, 0.1) is 0 Å². The van der Waals surface area contributed by atoms with E-state index in [1.165, 1.54) is 64.2 Å². The Bertz CT molecular complexity index is 1060. The summed E-state index contributed by atoms with van der Waals surface area (Å²) in [6, 6.07) is 0. The van der Waals surface area contributed by atoms with Crippen molar-refractivity contribution in [2.75, 3.05) is 26.4 Å². The van der Waals surface area contributed by atoms with Gasteiger partial charge in [0, 0.05) is 19.4 Å². The summed E-state index contributed by atoms with van der Waals surface area (Å²) in [5.41, 5.74) is 5.33. The van der Waals surface area contributed by atoms with Crippen molar-refractivity contribution in [2.24, 2.45) is 5.73 Å². The quantitative estimate of drug-likeness (QED) is 0.0208. The Hall–Kier alpha value is -2.07. The monoisotopic (exact) mass is 753 g/mol. The Morgan fingerprint density at radius 2 is 1.23 bits per heavy atom. The lowest BCUT2D eigenvalue weighted by Gasteiger charge is -2.19. The number of carbonyl (C=O) groups is 2. The summed E-state index contributed by atoms with van der Waals surface area (Å²) >= 11 is 0. The van der Waals surface area contributed by atoms with Gasteiger partial charge < -0.3 is 24.8 Å². The predicted molar refractivity (Wildman–Crippen MR) is 210 cm³/mol. The third-order valence-electron chi connectivity index (χ3n) is 8.63. The molecule has 1 aliphatic rings. The molecular formula is C41H72NO9P. The van der Waals surface area contributed by atoms with Crippen LogP contribution in [0.15, 0.2) is 48.6 Å². The van der Waals surface area contributed by atoms with Gasteiger partial charge in [0.1, 0.15) is 6.61 Å². The van der Waals surface area contributed by atoms with E-state index in [0.29, 0.717) is 25.0 Å². The number of hydrogen-bond acceptors (Lipinski definition) is 9. The lowest BCUT2D eigenvalue weighted by Crippen LogP contribution is -2.29. The van der Waals surface area contributed by atoms with Crippen LogP contribution in [-0.2, 0) is 37.4 Å². The van der Waals surface area contributed by atoms with Crippen LogP contribution in [0.3, 0.4) is 0 Å². The van der Waals surface area contributed by atoms with Crippen molar-refractivity contribution in [1.29, 1.82) is 0 Å². The molecule has 3 N–H and O–H groups in total. The summed E-state index contributed by atoms with van der Waals surface area (Å²) < 4.78 is 38.3. The Morgan fingerprint density at radius 1 is 0.692 bits per heavy atom. The molecule has 1 aliphatic heterocycles. The highest BCUT2D eigenvalue weighted by atomic mass is 31.2. The van der Waals surface area contributed by atoms with Crippen LogP contribution < -0.4 is 5.73 Å². The molecule has 0 aliphatic carbocycles. The van der Waals surface area contributed by atoms with Gasteiger partial charge in [-0.15, -0.1) is 0 Å². The number of phosphoric ester groups is 1. The number of phosphoric acid groups is 1. The Kier molecular flexibility index (Phi) is 30.9. The molecule has 0 saturated carbocycles. The number of ether oxygens (including phenoxy) is 3. The van der Waals surface area contributed by atoms with Gasteiger partial charge in [-0.3, -0.25) is 18.6 Å². The van der Waals surface area contributed by atoms with Gasteiger partial charge >= 0.3 is 19.8 Å². The molecular weight excluding hydrogens is 681 g/mol. The molecule has 1 saturated heterocycles. The second kappa shape index (κ2) is 33.5. The number of hydrogen-bond donors (Lipinski definition) is 2. The van der Waals surface area contributed by atoms with Crippen LogP contribution in [0.4, 0.5) is 0 Å². The molecule has 11 heteroatoms. The Labute approximate surface area is 315 Å². The molecule has 0 aromatic heterocycles. The molecule has 0 aromatic carbocycles. The lowest BCUT2D eigenvalue weighted by molar-refractivity contribution is -0.161. The van der Waals surface area contributed by atoms with E-state index in [9.17, 15) is 19.0 Å². The highest BCUT2D eigenvalue weighted by Crippen LogP contribution is 2.43. The van der Waals surface area contributed by atoms with Crippen LogP contribution in [0.2, 0.25) is 0 Å². The summed E-state index contributed by atoms with van der Waals surface area (Å²) in [7, 11) is -4.39. The number of nitrogens with two attached hydrogens (primary N) is 1. The molecule has 1 fully saturated rings. The SMILES string of the molecule is CC/C=C\CC1OC1C/C=C\C/C=C\C/C=C\CCCC(=O)OC(COC(=O)CCCCCCCCCCCCCCC)COP(=O)(O)OCCN. The lowest BCUT2D eigenvalue weighted by atomic mass is 10.0. The number of epoxide rings is 1. The van der Waals surface area contributed by atoms with E-state index in [1.54, 1.807) is 0 Å². The van der Waals surface area contributed by atoms with Crippen LogP contribution in [0.5, 0.6) is 0 Å². The normalized spacial score (nSPS) is 17.8. The van der Waals surface area contributed by atoms with Crippen molar-refractivity contribution in [1.82, 2.24) is 0 Å². The fourth-order valence-corrected chi connectivity index (χ4v) is 6.30. The zero-order valence-electron chi connectivity index (χ0n) is 32.5. The number of esters is 2. The third kappa shape index (κ3) is 30.4. The predicted octanol–water partition coefficient (Wildman–Crippen LogP) is 10.1. The molecule has 4 unspecified atom stereocenters. The van der Waals surface area contributed by atoms with E-state index < -0.39 is 32.5 Å². The zero-order chi connectivity index (χ0) is 38.0. The van der Waals surface area contributed by atoms with Gasteiger partial charge in [-0.1, -0.05) is 140 Å². The smallest absolute Gasteiger partial charge is 0.462 e. The minimum absolute atomic E-state index is 0.0415. The van der Waals surface area contributed by atoms with Gasteiger partial charge in [0.25, 0.3) is 0 Å². The van der Waals surface area contributed by atoms with Crippen molar-refractivity contribution in [2.45, 2.75) is 173 Å². The highest BCUT2D eigenvalue weighted by molar-refractivity contribution is 7.47. The third-order valence-corrected chi connectivity index (χ3v) is 9.62. The maximum atomic E-state index is 12.5. The molecule has 0 amide bonds. The molecule has 0 aromatic rings. The average molecular weight is 754 g/mol. The summed E-state index contributed by atoms with van der Waals surface area (Å²) in [6.07, 6.45) is 39.0. The van der Waals surface area contributed by atoms with E-state index in [4.69, 9.17) is 29.0 Å². The number of unbranched alkanes of at least 4 members (excludes halogenated alkanes) is 13. The number of rotatable bonds is 36. The van der Waals surface area contributed by atoms with Crippen LogP contribution in [0.25, 0.3) is 0 Å². The summed E-state index contributed by atoms with van der Waals surface area (Å²) in [5.74, 6) is -0.903. The van der Waals surface area contributed by atoms with Gasteiger partial charge in [0.15, 0.2) is 6.10 Å². The van der Waals surface area contributed by atoms with Crippen LogP contribution in [-0.4, -0.2) is 61.5 Å². The minimum atomic E-state index is -4.39. The van der Waals surface area contributed by atoms with Gasteiger partial charge in [0.05, 0.1) is 25.4 Å². The first-order valence-corrected chi connectivity index (χ1v) is 21.7. The zero-order valence-corrected chi connectivity index (χ0v) is 33.4. The molecule has 4 atom stereocenters. The molecule has 52 heavy (non-hydrogen) atoms.